The molecule has 2 nitrogen and oxygen atoms in total. The van der Waals surface area contributed by atoms with Crippen LogP contribution >= 0.6 is 0 Å². The molecule has 0 spiro atoms. The second kappa shape index (κ2) is 5.81. The predicted octanol–water partition coefficient (Wildman–Crippen LogP) is 2.82. The zero-order valence-electron chi connectivity index (χ0n) is 8.72. The molecule has 0 N–H and O–H groups in total. The molecule has 2 heteroatoms. The zero-order valence-corrected chi connectivity index (χ0v) is 8.72. The lowest BCUT2D eigenvalue weighted by Crippen LogP contribution is -2.09. The van der Waals surface area contributed by atoms with Gasteiger partial charge in [-0.1, -0.05) is 43.0 Å². The minimum Gasteiger partial charge on any atom is -0.455 e. The van der Waals surface area contributed by atoms with Crippen LogP contribution in [0.1, 0.15) is 12.5 Å². The lowest BCUT2D eigenvalue weighted by Gasteiger charge is -2.05. The summed E-state index contributed by atoms with van der Waals surface area (Å²) in [5, 5.41) is 0. The van der Waals surface area contributed by atoms with Crippen LogP contribution in [0.15, 0.2) is 49.1 Å². The van der Waals surface area contributed by atoms with Crippen molar-refractivity contribution in [2.45, 2.75) is 13.0 Å². The van der Waals surface area contributed by atoms with Crippen LogP contribution in [0, 0.1) is 0 Å². The average Bonchev–Trinajstić information content (AvgIpc) is 2.27. The molecule has 1 unspecified atom stereocenters. The first-order chi connectivity index (χ1) is 7.22. The SMILES string of the molecule is C=CC(=O)OC(C)C=Cc1ccccc1. The van der Waals surface area contributed by atoms with E-state index in [1.54, 1.807) is 6.92 Å². The Morgan fingerprint density at radius 2 is 2.07 bits per heavy atom. The highest BCUT2D eigenvalue weighted by Gasteiger charge is 2.00. The number of hydrogen-bond acceptors (Lipinski definition) is 2. The van der Waals surface area contributed by atoms with Crippen molar-refractivity contribution in [2.24, 2.45) is 0 Å². The molecular formula is C13H14O2. The van der Waals surface area contributed by atoms with Gasteiger partial charge in [0, 0.05) is 6.08 Å². The van der Waals surface area contributed by atoms with Gasteiger partial charge in [-0.2, -0.15) is 0 Å². The van der Waals surface area contributed by atoms with E-state index in [-0.39, 0.29) is 6.10 Å². The predicted molar refractivity (Wildman–Crippen MR) is 61.2 cm³/mol. The molecule has 0 saturated carbocycles. The average molecular weight is 202 g/mol. The molecule has 1 aromatic carbocycles. The lowest BCUT2D eigenvalue weighted by molar-refractivity contribution is -0.140. The highest BCUT2D eigenvalue weighted by Crippen LogP contribution is 2.03. The third kappa shape index (κ3) is 4.27. The standard InChI is InChI=1S/C13H14O2/c1-3-13(14)15-11(2)9-10-12-7-5-4-6-8-12/h3-11H,1H2,2H3. The number of carbonyl (C=O) groups excluding carboxylic acids is 1. The van der Waals surface area contributed by atoms with Gasteiger partial charge in [0.25, 0.3) is 0 Å². The fourth-order valence-corrected chi connectivity index (χ4v) is 1.08. The molecular weight excluding hydrogens is 188 g/mol. The molecule has 0 aliphatic heterocycles. The molecule has 0 amide bonds. The normalized spacial score (nSPS) is 12.3. The smallest absolute Gasteiger partial charge is 0.330 e. The Bertz CT molecular complexity index is 352. The maximum Gasteiger partial charge on any atom is 0.330 e. The maximum atomic E-state index is 10.9. The molecule has 0 heterocycles. The Morgan fingerprint density at radius 3 is 2.67 bits per heavy atom. The molecule has 0 aliphatic carbocycles. The number of hydrogen-bond donors (Lipinski definition) is 0. The quantitative estimate of drug-likeness (QED) is 0.554. The van der Waals surface area contributed by atoms with E-state index in [2.05, 4.69) is 6.58 Å². The fraction of sp³-hybridized carbons (Fsp3) is 0.154. The van der Waals surface area contributed by atoms with E-state index in [0.717, 1.165) is 11.6 Å². The molecule has 0 saturated heterocycles. The lowest BCUT2D eigenvalue weighted by atomic mass is 10.2. The number of esters is 1. The van der Waals surface area contributed by atoms with E-state index in [1.165, 1.54) is 0 Å². The van der Waals surface area contributed by atoms with Gasteiger partial charge < -0.3 is 4.74 Å². The molecule has 15 heavy (non-hydrogen) atoms. The second-order valence-corrected chi connectivity index (χ2v) is 3.12. The maximum absolute atomic E-state index is 10.9. The van der Waals surface area contributed by atoms with Crippen LogP contribution in [0.2, 0.25) is 0 Å². The summed E-state index contributed by atoms with van der Waals surface area (Å²) in [7, 11) is 0. The van der Waals surface area contributed by atoms with Gasteiger partial charge >= 0.3 is 5.97 Å². The van der Waals surface area contributed by atoms with Crippen LogP contribution < -0.4 is 0 Å². The summed E-state index contributed by atoms with van der Waals surface area (Å²) in [6.45, 7) is 5.14. The third-order valence-electron chi connectivity index (χ3n) is 1.83. The van der Waals surface area contributed by atoms with Gasteiger partial charge in [-0.15, -0.1) is 0 Å². The van der Waals surface area contributed by atoms with Crippen molar-refractivity contribution in [1.29, 1.82) is 0 Å². The first-order valence-electron chi connectivity index (χ1n) is 4.78. The summed E-state index contributed by atoms with van der Waals surface area (Å²) >= 11 is 0. The molecule has 0 aliphatic rings. The van der Waals surface area contributed by atoms with E-state index in [9.17, 15) is 4.79 Å². The fourth-order valence-electron chi connectivity index (χ4n) is 1.08. The van der Waals surface area contributed by atoms with Gasteiger partial charge in [0.15, 0.2) is 0 Å². The molecule has 1 aromatic rings. The van der Waals surface area contributed by atoms with E-state index >= 15 is 0 Å². The minimum absolute atomic E-state index is 0.240. The Balaban J connectivity index is 2.51. The molecule has 1 rings (SSSR count). The molecule has 1 atom stereocenters. The van der Waals surface area contributed by atoms with Gasteiger partial charge in [0.1, 0.15) is 6.10 Å². The van der Waals surface area contributed by atoms with Crippen LogP contribution in [-0.2, 0) is 9.53 Å². The van der Waals surface area contributed by atoms with E-state index in [0.29, 0.717) is 0 Å². The van der Waals surface area contributed by atoms with Crippen molar-refractivity contribution in [3.8, 4) is 0 Å². The van der Waals surface area contributed by atoms with Crippen molar-refractivity contribution < 1.29 is 9.53 Å². The summed E-state index contributed by atoms with van der Waals surface area (Å²) < 4.78 is 4.98. The summed E-state index contributed by atoms with van der Waals surface area (Å²) in [6.07, 6.45) is 4.67. The van der Waals surface area contributed by atoms with Crippen LogP contribution in [0.3, 0.4) is 0 Å². The van der Waals surface area contributed by atoms with E-state index in [4.69, 9.17) is 4.74 Å². The highest BCUT2D eigenvalue weighted by molar-refractivity contribution is 5.81. The number of ether oxygens (including phenoxy) is 1. The van der Waals surface area contributed by atoms with Crippen molar-refractivity contribution >= 4 is 12.0 Å². The van der Waals surface area contributed by atoms with Crippen LogP contribution in [0.25, 0.3) is 6.08 Å². The summed E-state index contributed by atoms with van der Waals surface area (Å²) in [4.78, 5) is 10.9. The highest BCUT2D eigenvalue weighted by atomic mass is 16.5. The Kier molecular flexibility index (Phi) is 4.35. The van der Waals surface area contributed by atoms with Gasteiger partial charge in [0.05, 0.1) is 0 Å². The first kappa shape index (κ1) is 11.2. The van der Waals surface area contributed by atoms with Crippen LogP contribution in [0.4, 0.5) is 0 Å². The van der Waals surface area contributed by atoms with Crippen molar-refractivity contribution in [3.05, 3.63) is 54.6 Å². The summed E-state index contributed by atoms with van der Waals surface area (Å²) in [5.41, 5.74) is 1.08. The third-order valence-corrected chi connectivity index (χ3v) is 1.83. The number of carbonyl (C=O) groups is 1. The van der Waals surface area contributed by atoms with E-state index in [1.807, 2.05) is 42.5 Å². The van der Waals surface area contributed by atoms with Crippen molar-refractivity contribution in [1.82, 2.24) is 0 Å². The monoisotopic (exact) mass is 202 g/mol. The Morgan fingerprint density at radius 1 is 1.40 bits per heavy atom. The van der Waals surface area contributed by atoms with Crippen molar-refractivity contribution in [2.75, 3.05) is 0 Å². The van der Waals surface area contributed by atoms with Gasteiger partial charge in [0.2, 0.25) is 0 Å². The topological polar surface area (TPSA) is 26.3 Å². The Labute approximate surface area is 89.9 Å². The number of benzene rings is 1. The molecule has 0 aromatic heterocycles. The largest absolute Gasteiger partial charge is 0.455 e. The summed E-state index contributed by atoms with van der Waals surface area (Å²) in [6, 6.07) is 9.84. The minimum atomic E-state index is -0.403. The first-order valence-corrected chi connectivity index (χ1v) is 4.78. The molecule has 0 bridgehead atoms. The molecule has 0 fully saturated rings. The van der Waals surface area contributed by atoms with Crippen LogP contribution in [-0.4, -0.2) is 12.1 Å². The zero-order chi connectivity index (χ0) is 11.1. The van der Waals surface area contributed by atoms with Crippen molar-refractivity contribution in [3.63, 3.8) is 0 Å². The van der Waals surface area contributed by atoms with E-state index < -0.39 is 5.97 Å². The van der Waals surface area contributed by atoms with Crippen LogP contribution in [0.5, 0.6) is 0 Å². The van der Waals surface area contributed by atoms with Gasteiger partial charge in [-0.3, -0.25) is 0 Å². The van der Waals surface area contributed by atoms with Gasteiger partial charge in [-0.25, -0.2) is 4.79 Å². The molecule has 0 radical (unpaired) electrons. The summed E-state index contributed by atoms with van der Waals surface area (Å²) in [5.74, 6) is -0.403. The number of rotatable bonds is 4. The van der Waals surface area contributed by atoms with Gasteiger partial charge in [-0.05, 0) is 18.6 Å². The second-order valence-electron chi connectivity index (χ2n) is 3.12. The molecule has 78 valence electrons. The Hall–Kier alpha value is -1.83.